The van der Waals surface area contributed by atoms with Crippen LogP contribution in [-0.4, -0.2) is 6.29 Å². The molecule has 1 aliphatic carbocycles. The van der Waals surface area contributed by atoms with Crippen molar-refractivity contribution in [2.24, 2.45) is 11.3 Å². The first-order valence-electron chi connectivity index (χ1n) is 5.20. The largest absolute Gasteiger partial charge is 0.303 e. The Bertz CT molecular complexity index is 213. The van der Waals surface area contributed by atoms with Crippen molar-refractivity contribution in [3.63, 3.8) is 0 Å². The lowest BCUT2D eigenvalue weighted by atomic mass is 9.75. The van der Waals surface area contributed by atoms with Gasteiger partial charge in [-0.1, -0.05) is 25.5 Å². The van der Waals surface area contributed by atoms with Gasteiger partial charge in [-0.25, -0.2) is 0 Å². The minimum atomic E-state index is 0.364. The molecule has 0 amide bonds. The number of hydrogen-bond acceptors (Lipinski definition) is 1. The first kappa shape index (κ1) is 10.5. The molecule has 1 rings (SSSR count). The quantitative estimate of drug-likeness (QED) is 0.368. The van der Waals surface area contributed by atoms with E-state index in [2.05, 4.69) is 26.8 Å². The number of carbonyl (C=O) groups is 1. The molecule has 1 aliphatic rings. The predicted octanol–water partition coefficient (Wildman–Crippen LogP) is 3.35. The van der Waals surface area contributed by atoms with Crippen molar-refractivity contribution in [3.05, 3.63) is 11.6 Å². The SMILES string of the molecule is CC1=CC[C@@H](CCCC=O)C1(C)C. The number of hydrogen-bond donors (Lipinski definition) is 0. The van der Waals surface area contributed by atoms with Gasteiger partial charge in [0.15, 0.2) is 0 Å². The van der Waals surface area contributed by atoms with Crippen LogP contribution in [0, 0.1) is 11.3 Å². The zero-order valence-corrected chi connectivity index (χ0v) is 8.97. The van der Waals surface area contributed by atoms with E-state index < -0.39 is 0 Å². The van der Waals surface area contributed by atoms with E-state index in [1.165, 1.54) is 18.4 Å². The maximum atomic E-state index is 10.2. The van der Waals surface area contributed by atoms with Gasteiger partial charge in [0.2, 0.25) is 0 Å². The summed E-state index contributed by atoms with van der Waals surface area (Å²) in [4.78, 5) is 10.2. The van der Waals surface area contributed by atoms with E-state index in [1.807, 2.05) is 0 Å². The van der Waals surface area contributed by atoms with Crippen molar-refractivity contribution in [2.75, 3.05) is 0 Å². The van der Waals surface area contributed by atoms with Crippen LogP contribution in [0.25, 0.3) is 0 Å². The maximum Gasteiger partial charge on any atom is 0.119 e. The van der Waals surface area contributed by atoms with Crippen LogP contribution in [0.5, 0.6) is 0 Å². The lowest BCUT2D eigenvalue weighted by Gasteiger charge is -2.29. The first-order chi connectivity index (χ1) is 6.09. The summed E-state index contributed by atoms with van der Waals surface area (Å²) in [6.45, 7) is 6.86. The summed E-state index contributed by atoms with van der Waals surface area (Å²) in [5.41, 5.74) is 1.88. The Kier molecular flexibility index (Phi) is 3.29. The van der Waals surface area contributed by atoms with Crippen LogP contribution < -0.4 is 0 Å². The highest BCUT2D eigenvalue weighted by Gasteiger charge is 2.33. The van der Waals surface area contributed by atoms with Gasteiger partial charge in [0.05, 0.1) is 0 Å². The van der Waals surface area contributed by atoms with Gasteiger partial charge in [0.25, 0.3) is 0 Å². The summed E-state index contributed by atoms with van der Waals surface area (Å²) >= 11 is 0. The molecule has 0 saturated heterocycles. The fraction of sp³-hybridized carbons (Fsp3) is 0.750. The molecule has 0 spiro atoms. The molecule has 0 saturated carbocycles. The number of allylic oxidation sites excluding steroid dienone is 2. The molecule has 0 aliphatic heterocycles. The van der Waals surface area contributed by atoms with Crippen LogP contribution in [0.4, 0.5) is 0 Å². The van der Waals surface area contributed by atoms with E-state index in [0.717, 1.165) is 25.0 Å². The summed E-state index contributed by atoms with van der Waals surface area (Å²) in [7, 11) is 0. The third-order valence-corrected chi connectivity index (χ3v) is 3.62. The fourth-order valence-electron chi connectivity index (χ4n) is 2.12. The van der Waals surface area contributed by atoms with Gasteiger partial charge in [-0.05, 0) is 37.5 Å². The Morgan fingerprint density at radius 1 is 1.62 bits per heavy atom. The number of rotatable bonds is 4. The van der Waals surface area contributed by atoms with E-state index in [9.17, 15) is 4.79 Å². The highest BCUT2D eigenvalue weighted by Crippen LogP contribution is 2.45. The minimum absolute atomic E-state index is 0.364. The molecule has 0 aromatic rings. The average molecular weight is 180 g/mol. The molecule has 0 aromatic heterocycles. The van der Waals surface area contributed by atoms with Gasteiger partial charge in [-0.15, -0.1) is 0 Å². The Morgan fingerprint density at radius 2 is 2.31 bits per heavy atom. The van der Waals surface area contributed by atoms with Crippen LogP contribution in [0.2, 0.25) is 0 Å². The second-order valence-electron chi connectivity index (χ2n) is 4.64. The monoisotopic (exact) mass is 180 g/mol. The summed E-state index contributed by atoms with van der Waals surface area (Å²) in [6.07, 6.45) is 7.56. The molecule has 1 heteroatoms. The van der Waals surface area contributed by atoms with Crippen molar-refractivity contribution in [3.8, 4) is 0 Å². The summed E-state index contributed by atoms with van der Waals surface area (Å²) in [5.74, 6) is 0.757. The second kappa shape index (κ2) is 4.08. The molecule has 0 bridgehead atoms. The number of aldehydes is 1. The molecular formula is C12H20O. The molecule has 74 valence electrons. The van der Waals surface area contributed by atoms with Crippen LogP contribution in [-0.2, 0) is 4.79 Å². The first-order valence-corrected chi connectivity index (χ1v) is 5.20. The topological polar surface area (TPSA) is 17.1 Å². The van der Waals surface area contributed by atoms with Gasteiger partial charge in [-0.2, -0.15) is 0 Å². The number of unbranched alkanes of at least 4 members (excludes halogenated alkanes) is 1. The Hall–Kier alpha value is -0.590. The zero-order valence-electron chi connectivity index (χ0n) is 8.97. The standard InChI is InChI=1S/C12H20O/c1-10-7-8-11(12(10,2)3)6-4-5-9-13/h7,9,11H,4-6,8H2,1-3H3/t11-/m1/s1. The van der Waals surface area contributed by atoms with Crippen LogP contribution >= 0.6 is 0 Å². The van der Waals surface area contributed by atoms with Gasteiger partial charge in [-0.3, -0.25) is 0 Å². The van der Waals surface area contributed by atoms with Crippen molar-refractivity contribution in [1.29, 1.82) is 0 Å². The van der Waals surface area contributed by atoms with E-state index in [0.29, 0.717) is 5.41 Å². The molecule has 0 unspecified atom stereocenters. The minimum Gasteiger partial charge on any atom is -0.303 e. The van der Waals surface area contributed by atoms with E-state index in [4.69, 9.17) is 0 Å². The average Bonchev–Trinajstić information content (AvgIpc) is 2.32. The van der Waals surface area contributed by atoms with E-state index in [1.54, 1.807) is 0 Å². The maximum absolute atomic E-state index is 10.2. The highest BCUT2D eigenvalue weighted by atomic mass is 16.1. The van der Waals surface area contributed by atoms with Gasteiger partial charge >= 0.3 is 0 Å². The molecule has 0 radical (unpaired) electrons. The third-order valence-electron chi connectivity index (χ3n) is 3.62. The third kappa shape index (κ3) is 2.20. The summed E-state index contributed by atoms with van der Waals surface area (Å²) in [5, 5.41) is 0. The van der Waals surface area contributed by atoms with E-state index in [-0.39, 0.29) is 0 Å². The molecule has 0 N–H and O–H groups in total. The Labute approximate surface area is 81.2 Å². The second-order valence-corrected chi connectivity index (χ2v) is 4.64. The smallest absolute Gasteiger partial charge is 0.119 e. The van der Waals surface area contributed by atoms with Gasteiger partial charge in [0, 0.05) is 6.42 Å². The lowest BCUT2D eigenvalue weighted by molar-refractivity contribution is -0.108. The van der Waals surface area contributed by atoms with Gasteiger partial charge < -0.3 is 4.79 Å². The molecule has 0 aromatic carbocycles. The zero-order chi connectivity index (χ0) is 9.90. The van der Waals surface area contributed by atoms with Crippen LogP contribution in [0.1, 0.15) is 46.5 Å². The predicted molar refractivity (Wildman–Crippen MR) is 55.6 cm³/mol. The fourth-order valence-corrected chi connectivity index (χ4v) is 2.12. The molecule has 1 nitrogen and oxygen atoms in total. The highest BCUT2D eigenvalue weighted by molar-refractivity contribution is 5.48. The molecule has 1 atom stereocenters. The van der Waals surface area contributed by atoms with E-state index >= 15 is 0 Å². The van der Waals surface area contributed by atoms with Crippen molar-refractivity contribution < 1.29 is 4.79 Å². The lowest BCUT2D eigenvalue weighted by Crippen LogP contribution is -2.20. The Balaban J connectivity index is 2.42. The molecule has 13 heavy (non-hydrogen) atoms. The summed E-state index contributed by atoms with van der Waals surface area (Å²) < 4.78 is 0. The van der Waals surface area contributed by atoms with Gasteiger partial charge in [0.1, 0.15) is 6.29 Å². The molecule has 0 fully saturated rings. The van der Waals surface area contributed by atoms with Crippen LogP contribution in [0.3, 0.4) is 0 Å². The van der Waals surface area contributed by atoms with Crippen molar-refractivity contribution in [1.82, 2.24) is 0 Å². The Morgan fingerprint density at radius 3 is 2.77 bits per heavy atom. The summed E-state index contributed by atoms with van der Waals surface area (Å²) in [6, 6.07) is 0. The normalized spacial score (nSPS) is 25.8. The number of carbonyl (C=O) groups excluding carboxylic acids is 1. The molecule has 0 heterocycles. The molecular weight excluding hydrogens is 160 g/mol. The van der Waals surface area contributed by atoms with Crippen LogP contribution in [0.15, 0.2) is 11.6 Å². The van der Waals surface area contributed by atoms with Crippen molar-refractivity contribution in [2.45, 2.75) is 46.5 Å². The van der Waals surface area contributed by atoms with Crippen molar-refractivity contribution >= 4 is 6.29 Å².